The van der Waals surface area contributed by atoms with Crippen LogP contribution < -0.4 is 19.3 Å². The summed E-state index contributed by atoms with van der Waals surface area (Å²) >= 11 is 0. The maximum atomic E-state index is 14.1. The van der Waals surface area contributed by atoms with Crippen LogP contribution in [0.25, 0.3) is 0 Å². The predicted molar refractivity (Wildman–Crippen MR) is 189 cm³/mol. The molecule has 16 heteroatoms. The number of nitrogens with zero attached hydrogens (tertiary/aromatic N) is 4. The second kappa shape index (κ2) is 16.1. The molecule has 0 radical (unpaired) electrons. The zero-order chi connectivity index (χ0) is 35.2. The van der Waals surface area contributed by atoms with E-state index in [1.807, 2.05) is 48.5 Å². The van der Waals surface area contributed by atoms with Gasteiger partial charge in [-0.2, -0.15) is 8.61 Å². The average molecular weight is 731 g/mol. The first-order valence-corrected chi connectivity index (χ1v) is 20.7. The molecule has 2 saturated heterocycles. The van der Waals surface area contributed by atoms with E-state index in [4.69, 9.17) is 18.5 Å². The van der Waals surface area contributed by atoms with Crippen molar-refractivity contribution in [2.75, 3.05) is 76.4 Å². The Morgan fingerprint density at radius 2 is 0.854 bits per heavy atom. The van der Waals surface area contributed by atoms with Gasteiger partial charge in [0.2, 0.25) is 20.0 Å². The fourth-order valence-corrected chi connectivity index (χ4v) is 12.5. The molecule has 2 aromatic carbocycles. The Hall–Kier alpha value is -2.39. The van der Waals surface area contributed by atoms with Gasteiger partial charge in [-0.05, 0) is 74.2 Å². The Labute approximate surface area is 287 Å². The van der Waals surface area contributed by atoms with Gasteiger partial charge in [-0.15, -0.1) is 0 Å². The number of hydrogen-bond donors (Lipinski definition) is 0. The minimum atomic E-state index is -4.12. The lowest BCUT2D eigenvalue weighted by molar-refractivity contribution is 0.0702. The third kappa shape index (κ3) is 7.67. The highest BCUT2D eigenvalue weighted by Crippen LogP contribution is 2.47. The number of rotatable bonds is 16. The van der Waals surface area contributed by atoms with Crippen LogP contribution in [0.1, 0.15) is 53.4 Å². The largest absolute Gasteiger partial charge is 0.497 e. The molecule has 0 aliphatic carbocycles. The maximum absolute atomic E-state index is 14.1. The number of ether oxygens (including phenoxy) is 2. The molecule has 0 atom stereocenters. The molecule has 0 bridgehead atoms. The Morgan fingerprint density at radius 1 is 0.562 bits per heavy atom. The predicted octanol–water partition coefficient (Wildman–Crippen LogP) is 4.76. The lowest BCUT2D eigenvalue weighted by Crippen LogP contribution is -2.56. The van der Waals surface area contributed by atoms with Crippen LogP contribution in [0.4, 0.5) is 11.4 Å². The minimum Gasteiger partial charge on any atom is -0.497 e. The van der Waals surface area contributed by atoms with Gasteiger partial charge in [0.15, 0.2) is 9.87 Å². The summed E-state index contributed by atoms with van der Waals surface area (Å²) < 4.78 is 95.2. The van der Waals surface area contributed by atoms with Gasteiger partial charge >= 0.3 is 8.25 Å². The van der Waals surface area contributed by atoms with Gasteiger partial charge in [0.05, 0.1) is 14.2 Å². The van der Waals surface area contributed by atoms with Crippen molar-refractivity contribution < 1.29 is 39.9 Å². The highest BCUT2D eigenvalue weighted by Gasteiger charge is 2.52. The van der Waals surface area contributed by atoms with Crippen molar-refractivity contribution in [2.24, 2.45) is 0 Å². The van der Waals surface area contributed by atoms with Crippen LogP contribution in [-0.2, 0) is 33.7 Å². The van der Waals surface area contributed by atoms with Crippen molar-refractivity contribution in [2.45, 2.75) is 63.2 Å². The Bertz CT molecular complexity index is 1450. The van der Waals surface area contributed by atoms with Crippen molar-refractivity contribution in [3.05, 3.63) is 48.5 Å². The topological polar surface area (TPSA) is 135 Å². The molecule has 0 saturated carbocycles. The summed E-state index contributed by atoms with van der Waals surface area (Å²) in [5, 5.41) is 0. The first-order valence-electron chi connectivity index (χ1n) is 16.5. The molecule has 0 N–H and O–H groups in total. The second-order valence-electron chi connectivity index (χ2n) is 11.9. The smallest absolute Gasteiger partial charge is 0.322 e. The van der Waals surface area contributed by atoms with Crippen LogP contribution in [0.3, 0.4) is 0 Å². The summed E-state index contributed by atoms with van der Waals surface area (Å²) in [7, 11) is -8.66. The van der Waals surface area contributed by atoms with E-state index in [0.29, 0.717) is 26.2 Å². The number of methoxy groups -OCH3 is 2. The molecule has 0 unspecified atom stereocenters. The van der Waals surface area contributed by atoms with Crippen LogP contribution >= 0.6 is 8.25 Å². The highest BCUT2D eigenvalue weighted by atomic mass is 32.2. The van der Waals surface area contributed by atoms with Gasteiger partial charge in [-0.25, -0.2) is 16.8 Å². The van der Waals surface area contributed by atoms with E-state index in [2.05, 4.69) is 9.80 Å². The average Bonchev–Trinajstić information content (AvgIpc) is 3.12. The summed E-state index contributed by atoms with van der Waals surface area (Å²) in [6.45, 7) is 9.34. The number of sulfonamides is 2. The molecule has 2 aromatic rings. The maximum Gasteiger partial charge on any atom is 0.322 e. The van der Waals surface area contributed by atoms with E-state index >= 15 is 0 Å². The monoisotopic (exact) mass is 730 g/mol. The SMILES string of the molecule is CCC(CC)(O[PH](=O)OC(CC)(CC)S(=O)(=O)N1CCN(c2ccc(OC)cc2)CC1)S(=O)(=O)N1CCN(c2ccc(OC)cc2)CC1. The highest BCUT2D eigenvalue weighted by molar-refractivity contribution is 7.91. The quantitative estimate of drug-likeness (QED) is 0.221. The molecule has 0 spiro atoms. The number of piperazine rings is 2. The number of benzene rings is 2. The molecular formula is C32H51N4O9PS2. The normalized spacial score (nSPS) is 17.6. The van der Waals surface area contributed by atoms with Crippen molar-refractivity contribution in [3.8, 4) is 11.5 Å². The van der Waals surface area contributed by atoms with Crippen LogP contribution in [0.2, 0.25) is 0 Å². The van der Waals surface area contributed by atoms with E-state index in [9.17, 15) is 21.4 Å². The van der Waals surface area contributed by atoms with E-state index in [1.165, 1.54) is 8.61 Å². The van der Waals surface area contributed by atoms with E-state index in [1.54, 1.807) is 41.9 Å². The molecule has 0 amide bonds. The van der Waals surface area contributed by atoms with Gasteiger partial charge in [0.1, 0.15) is 11.5 Å². The molecule has 0 aromatic heterocycles. The standard InChI is InChI=1S/C32H51N4O9PS2/c1-7-31(8-2,47(38,39)35-23-19-33(20-24-35)27-11-15-29(42-5)16-12-27)44-46(37)45-32(9-3,10-4)48(40,41)36-25-21-34(22-26-36)28-13-17-30(43-6)18-14-28/h11-18,46H,7-10,19-26H2,1-6H3. The van der Waals surface area contributed by atoms with Crippen molar-refractivity contribution in [3.63, 3.8) is 0 Å². The number of anilines is 2. The summed E-state index contributed by atoms with van der Waals surface area (Å²) in [5.41, 5.74) is 1.91. The molecule has 2 aliphatic heterocycles. The zero-order valence-electron chi connectivity index (χ0n) is 28.9. The molecule has 13 nitrogen and oxygen atoms in total. The molecule has 2 heterocycles. The second-order valence-corrected chi connectivity index (χ2v) is 17.2. The Balaban J connectivity index is 1.45. The minimum absolute atomic E-state index is 0.00954. The summed E-state index contributed by atoms with van der Waals surface area (Å²) in [5.74, 6) is 1.47. The molecule has 2 fully saturated rings. The van der Waals surface area contributed by atoms with Crippen LogP contribution in [-0.4, -0.2) is 102 Å². The van der Waals surface area contributed by atoms with Crippen molar-refractivity contribution in [1.82, 2.24) is 8.61 Å². The molecule has 2 aliphatic rings. The van der Waals surface area contributed by atoms with Gasteiger partial charge in [-0.1, -0.05) is 27.7 Å². The first kappa shape index (κ1) is 38.4. The zero-order valence-corrected chi connectivity index (χ0v) is 31.5. The molecule has 4 rings (SSSR count). The first-order chi connectivity index (χ1) is 22.9. The summed E-state index contributed by atoms with van der Waals surface area (Å²) in [6, 6.07) is 15.2. The fourth-order valence-electron chi connectivity index (χ4n) is 6.38. The van der Waals surface area contributed by atoms with Gasteiger partial charge in [0, 0.05) is 63.7 Å². The van der Waals surface area contributed by atoms with Crippen LogP contribution in [0.15, 0.2) is 48.5 Å². The Morgan fingerprint density at radius 3 is 1.10 bits per heavy atom. The molecular weight excluding hydrogens is 679 g/mol. The van der Waals surface area contributed by atoms with Crippen LogP contribution in [0.5, 0.6) is 11.5 Å². The van der Waals surface area contributed by atoms with Crippen molar-refractivity contribution >= 4 is 39.7 Å². The molecule has 48 heavy (non-hydrogen) atoms. The van der Waals surface area contributed by atoms with Crippen molar-refractivity contribution in [1.29, 1.82) is 0 Å². The van der Waals surface area contributed by atoms with E-state index < -0.39 is 38.2 Å². The van der Waals surface area contributed by atoms with Gasteiger partial charge in [-0.3, -0.25) is 13.6 Å². The van der Waals surface area contributed by atoms with Gasteiger partial charge in [0.25, 0.3) is 0 Å². The van der Waals surface area contributed by atoms with Crippen LogP contribution in [0, 0.1) is 0 Å². The summed E-state index contributed by atoms with van der Waals surface area (Å²) in [4.78, 5) is 0.505. The lowest BCUT2D eigenvalue weighted by Gasteiger charge is -2.42. The van der Waals surface area contributed by atoms with E-state index in [0.717, 1.165) is 22.9 Å². The number of hydrogen-bond acceptors (Lipinski definition) is 11. The third-order valence-corrected chi connectivity index (χ3v) is 16.4. The molecule has 270 valence electrons. The Kier molecular flexibility index (Phi) is 12.9. The fraction of sp³-hybridized carbons (Fsp3) is 0.625. The summed E-state index contributed by atoms with van der Waals surface area (Å²) in [6.07, 6.45) is 0.0382. The van der Waals surface area contributed by atoms with Gasteiger partial charge < -0.3 is 19.3 Å². The lowest BCUT2D eigenvalue weighted by atomic mass is 10.2. The van der Waals surface area contributed by atoms with E-state index in [-0.39, 0.29) is 51.9 Å². The third-order valence-electron chi connectivity index (χ3n) is 9.67.